The first-order chi connectivity index (χ1) is 9.27. The van der Waals surface area contributed by atoms with Crippen molar-refractivity contribution in [3.63, 3.8) is 0 Å². The summed E-state index contributed by atoms with van der Waals surface area (Å²) < 4.78 is 5.35. The lowest BCUT2D eigenvalue weighted by atomic mass is 10.2. The second kappa shape index (κ2) is 9.53. The van der Waals surface area contributed by atoms with Crippen LogP contribution in [0.4, 0.5) is 0 Å². The number of amides is 1. The zero-order valence-corrected chi connectivity index (χ0v) is 11.7. The predicted octanol–water partition coefficient (Wildman–Crippen LogP) is 1.79. The lowest BCUT2D eigenvalue weighted by Crippen LogP contribution is -2.35. The normalized spacial score (nSPS) is 10.4. The zero-order chi connectivity index (χ0) is 13.9. The molecule has 0 fully saturated rings. The van der Waals surface area contributed by atoms with Gasteiger partial charge in [-0.2, -0.15) is 0 Å². The predicted molar refractivity (Wildman–Crippen MR) is 76.6 cm³/mol. The van der Waals surface area contributed by atoms with Crippen LogP contribution < -0.4 is 5.73 Å². The van der Waals surface area contributed by atoms with Gasteiger partial charge in [-0.3, -0.25) is 4.79 Å². The Balaban J connectivity index is 2.44. The minimum Gasteiger partial charge on any atom is -0.381 e. The second-order valence-electron chi connectivity index (χ2n) is 4.45. The van der Waals surface area contributed by atoms with Gasteiger partial charge in [0.15, 0.2) is 0 Å². The molecule has 0 aliphatic carbocycles. The van der Waals surface area contributed by atoms with Crippen LogP contribution in [0, 0.1) is 0 Å². The number of nitrogens with zero attached hydrogens (tertiary/aromatic N) is 1. The van der Waals surface area contributed by atoms with E-state index in [1.165, 1.54) is 0 Å². The van der Waals surface area contributed by atoms with Gasteiger partial charge >= 0.3 is 0 Å². The van der Waals surface area contributed by atoms with Crippen LogP contribution in [-0.2, 0) is 16.1 Å². The summed E-state index contributed by atoms with van der Waals surface area (Å²) in [5, 5.41) is 0. The van der Waals surface area contributed by atoms with E-state index < -0.39 is 0 Å². The Labute approximate surface area is 115 Å². The van der Waals surface area contributed by atoms with Crippen LogP contribution in [0.1, 0.15) is 25.3 Å². The van der Waals surface area contributed by atoms with Crippen LogP contribution in [0.3, 0.4) is 0 Å². The highest BCUT2D eigenvalue weighted by molar-refractivity contribution is 5.76. The van der Waals surface area contributed by atoms with Crippen molar-refractivity contribution in [2.45, 2.75) is 26.3 Å². The van der Waals surface area contributed by atoms with E-state index in [4.69, 9.17) is 10.5 Å². The van der Waals surface area contributed by atoms with E-state index in [9.17, 15) is 4.79 Å². The highest BCUT2D eigenvalue weighted by atomic mass is 16.5. The van der Waals surface area contributed by atoms with Crippen molar-refractivity contribution in [1.82, 2.24) is 4.90 Å². The summed E-state index contributed by atoms with van der Waals surface area (Å²) in [7, 11) is 0. The van der Waals surface area contributed by atoms with Crippen LogP contribution >= 0.6 is 0 Å². The van der Waals surface area contributed by atoms with Gasteiger partial charge < -0.3 is 15.4 Å². The Kier molecular flexibility index (Phi) is 7.86. The Morgan fingerprint density at radius 2 is 2.00 bits per heavy atom. The van der Waals surface area contributed by atoms with Crippen molar-refractivity contribution in [2.24, 2.45) is 5.73 Å². The molecule has 1 aromatic carbocycles. The lowest BCUT2D eigenvalue weighted by Gasteiger charge is -2.22. The number of rotatable bonds is 9. The number of carbonyl (C=O) groups excluding carboxylic acids is 1. The third-order valence-corrected chi connectivity index (χ3v) is 2.78. The lowest BCUT2D eigenvalue weighted by molar-refractivity contribution is -0.132. The van der Waals surface area contributed by atoms with Gasteiger partial charge in [0.2, 0.25) is 5.91 Å². The Bertz CT molecular complexity index is 354. The zero-order valence-electron chi connectivity index (χ0n) is 11.7. The molecule has 106 valence electrons. The third kappa shape index (κ3) is 6.36. The van der Waals surface area contributed by atoms with Gasteiger partial charge in [0.05, 0.1) is 13.0 Å². The number of carbonyl (C=O) groups is 1. The summed E-state index contributed by atoms with van der Waals surface area (Å²) in [6.45, 7) is 4.93. The van der Waals surface area contributed by atoms with Crippen molar-refractivity contribution in [1.29, 1.82) is 0 Å². The summed E-state index contributed by atoms with van der Waals surface area (Å²) in [4.78, 5) is 13.9. The molecule has 0 aliphatic heterocycles. The molecule has 4 heteroatoms. The Morgan fingerprint density at radius 1 is 1.26 bits per heavy atom. The number of hydrogen-bond donors (Lipinski definition) is 1. The van der Waals surface area contributed by atoms with Crippen molar-refractivity contribution in [3.05, 3.63) is 35.9 Å². The Morgan fingerprint density at radius 3 is 2.63 bits per heavy atom. The van der Waals surface area contributed by atoms with Crippen LogP contribution in [0.25, 0.3) is 0 Å². The fraction of sp³-hybridized carbons (Fsp3) is 0.533. The van der Waals surface area contributed by atoms with Crippen LogP contribution in [0.5, 0.6) is 0 Å². The summed E-state index contributed by atoms with van der Waals surface area (Å²) in [6, 6.07) is 9.96. The van der Waals surface area contributed by atoms with Crippen molar-refractivity contribution in [3.8, 4) is 0 Å². The first-order valence-corrected chi connectivity index (χ1v) is 6.87. The quantitative estimate of drug-likeness (QED) is 0.692. The molecule has 1 aromatic rings. The molecule has 1 rings (SSSR count). The summed E-state index contributed by atoms with van der Waals surface area (Å²) in [5.74, 6) is 0.102. The highest BCUT2D eigenvalue weighted by Gasteiger charge is 2.12. The summed E-state index contributed by atoms with van der Waals surface area (Å²) in [5.41, 5.74) is 6.70. The first-order valence-electron chi connectivity index (χ1n) is 6.87. The first kappa shape index (κ1) is 15.7. The molecule has 19 heavy (non-hydrogen) atoms. The average Bonchev–Trinajstić information content (AvgIpc) is 2.44. The topological polar surface area (TPSA) is 55.6 Å². The minimum atomic E-state index is 0.102. The molecule has 2 N–H and O–H groups in total. The molecule has 0 unspecified atom stereocenters. The van der Waals surface area contributed by atoms with E-state index in [-0.39, 0.29) is 5.91 Å². The fourth-order valence-corrected chi connectivity index (χ4v) is 1.82. The molecule has 0 heterocycles. The van der Waals surface area contributed by atoms with E-state index in [0.717, 1.165) is 12.0 Å². The van der Waals surface area contributed by atoms with Gasteiger partial charge in [0, 0.05) is 26.2 Å². The molecule has 0 saturated heterocycles. The average molecular weight is 264 g/mol. The molecule has 0 atom stereocenters. The number of benzene rings is 1. The molecule has 0 aliphatic rings. The third-order valence-electron chi connectivity index (χ3n) is 2.78. The molecule has 1 amide bonds. The van der Waals surface area contributed by atoms with E-state index in [2.05, 4.69) is 6.92 Å². The number of nitrogens with two attached hydrogens (primary N) is 1. The summed E-state index contributed by atoms with van der Waals surface area (Å²) in [6.07, 6.45) is 1.40. The molecular weight excluding hydrogens is 240 g/mol. The fourth-order valence-electron chi connectivity index (χ4n) is 1.82. The van der Waals surface area contributed by atoms with E-state index in [1.54, 1.807) is 4.90 Å². The van der Waals surface area contributed by atoms with Gasteiger partial charge in [-0.05, 0) is 12.0 Å². The van der Waals surface area contributed by atoms with Gasteiger partial charge in [-0.25, -0.2) is 0 Å². The molecule has 0 bridgehead atoms. The monoisotopic (exact) mass is 264 g/mol. The minimum absolute atomic E-state index is 0.102. The maximum absolute atomic E-state index is 12.1. The molecular formula is C15H24N2O2. The largest absolute Gasteiger partial charge is 0.381 e. The van der Waals surface area contributed by atoms with Gasteiger partial charge in [-0.15, -0.1) is 0 Å². The maximum Gasteiger partial charge on any atom is 0.225 e. The molecule has 0 radical (unpaired) electrons. The van der Waals surface area contributed by atoms with E-state index in [1.807, 2.05) is 30.3 Å². The van der Waals surface area contributed by atoms with Gasteiger partial charge in [0.1, 0.15) is 0 Å². The smallest absolute Gasteiger partial charge is 0.225 e. The molecule has 4 nitrogen and oxygen atoms in total. The highest BCUT2D eigenvalue weighted by Crippen LogP contribution is 2.06. The second-order valence-corrected chi connectivity index (χ2v) is 4.45. The van der Waals surface area contributed by atoms with Crippen molar-refractivity contribution in [2.75, 3.05) is 26.3 Å². The SMILES string of the molecule is CCCOCCC(=O)N(CCN)Cc1ccccc1. The van der Waals surface area contributed by atoms with Crippen LogP contribution in [-0.4, -0.2) is 37.1 Å². The molecule has 0 aromatic heterocycles. The van der Waals surface area contributed by atoms with Gasteiger partial charge in [0.25, 0.3) is 0 Å². The molecule has 0 saturated carbocycles. The van der Waals surface area contributed by atoms with Crippen molar-refractivity contribution < 1.29 is 9.53 Å². The molecule has 0 spiro atoms. The van der Waals surface area contributed by atoms with Crippen LogP contribution in [0.2, 0.25) is 0 Å². The number of hydrogen-bond acceptors (Lipinski definition) is 3. The maximum atomic E-state index is 12.1. The summed E-state index contributed by atoms with van der Waals surface area (Å²) >= 11 is 0. The van der Waals surface area contributed by atoms with E-state index in [0.29, 0.717) is 39.3 Å². The number of ether oxygens (including phenoxy) is 1. The van der Waals surface area contributed by atoms with Crippen molar-refractivity contribution >= 4 is 5.91 Å². The Hall–Kier alpha value is -1.39. The standard InChI is InChI=1S/C15H24N2O2/c1-2-11-19-12-8-15(18)17(10-9-16)13-14-6-4-3-5-7-14/h3-7H,2,8-13,16H2,1H3. The van der Waals surface area contributed by atoms with E-state index >= 15 is 0 Å². The van der Waals surface area contributed by atoms with Crippen LogP contribution in [0.15, 0.2) is 30.3 Å². The van der Waals surface area contributed by atoms with Gasteiger partial charge in [-0.1, -0.05) is 37.3 Å².